The van der Waals surface area contributed by atoms with Crippen LogP contribution in [0.25, 0.3) is 0 Å². The van der Waals surface area contributed by atoms with Gasteiger partial charge >= 0.3 is 5.97 Å². The SMILES string of the molecule is COc1ccc(CNC(=O)C(C)OC(=O)c2cnc3n(c2=O)CCS3)cc1. The number of carbonyl (C=O) groups is 2. The highest BCUT2D eigenvalue weighted by Crippen LogP contribution is 2.20. The molecule has 1 aliphatic heterocycles. The molecule has 1 unspecified atom stereocenters. The van der Waals surface area contributed by atoms with Gasteiger partial charge in [0.15, 0.2) is 11.3 Å². The first-order valence-electron chi connectivity index (χ1n) is 8.34. The number of nitrogens with zero attached hydrogens (tertiary/aromatic N) is 2. The standard InChI is InChI=1S/C18H19N3O5S/c1-11(15(22)19-9-12-3-5-13(25-2)6-4-12)26-17(24)14-10-20-18-21(16(14)23)7-8-27-18/h3-6,10-11H,7-9H2,1-2H3,(H,19,22). The van der Waals surface area contributed by atoms with Gasteiger partial charge in [0.25, 0.3) is 11.5 Å². The van der Waals surface area contributed by atoms with Crippen LogP contribution in [-0.2, 0) is 22.6 Å². The molecule has 1 aromatic carbocycles. The van der Waals surface area contributed by atoms with Crippen LogP contribution in [-0.4, -0.2) is 40.4 Å². The molecule has 27 heavy (non-hydrogen) atoms. The van der Waals surface area contributed by atoms with E-state index in [1.807, 2.05) is 12.1 Å². The van der Waals surface area contributed by atoms with Gasteiger partial charge in [0.05, 0.1) is 13.3 Å². The summed E-state index contributed by atoms with van der Waals surface area (Å²) in [6, 6.07) is 7.23. The van der Waals surface area contributed by atoms with Crippen molar-refractivity contribution < 1.29 is 19.1 Å². The summed E-state index contributed by atoms with van der Waals surface area (Å²) in [6.45, 7) is 2.24. The molecule has 0 radical (unpaired) electrons. The number of aromatic nitrogens is 2. The number of hydrogen-bond acceptors (Lipinski definition) is 7. The van der Waals surface area contributed by atoms with Crippen LogP contribution in [0, 0.1) is 0 Å². The van der Waals surface area contributed by atoms with Crippen molar-refractivity contribution in [3.05, 3.63) is 51.9 Å². The number of methoxy groups -OCH3 is 1. The van der Waals surface area contributed by atoms with Crippen molar-refractivity contribution in [3.63, 3.8) is 0 Å². The number of hydrogen-bond donors (Lipinski definition) is 1. The average molecular weight is 389 g/mol. The van der Waals surface area contributed by atoms with E-state index in [4.69, 9.17) is 9.47 Å². The third-order valence-corrected chi connectivity index (χ3v) is 5.03. The molecular weight excluding hydrogens is 370 g/mol. The molecule has 2 aromatic rings. The topological polar surface area (TPSA) is 99.5 Å². The lowest BCUT2D eigenvalue weighted by Gasteiger charge is -2.14. The Labute approximate surface area is 159 Å². The van der Waals surface area contributed by atoms with E-state index in [1.54, 1.807) is 19.2 Å². The van der Waals surface area contributed by atoms with Crippen LogP contribution >= 0.6 is 11.8 Å². The van der Waals surface area contributed by atoms with Gasteiger partial charge in [-0.05, 0) is 24.6 Å². The summed E-state index contributed by atoms with van der Waals surface area (Å²) in [5.74, 6) is 0.154. The highest BCUT2D eigenvalue weighted by atomic mass is 32.2. The molecule has 1 aromatic heterocycles. The molecule has 1 aliphatic rings. The van der Waals surface area contributed by atoms with Gasteiger partial charge in [-0.25, -0.2) is 9.78 Å². The van der Waals surface area contributed by atoms with Crippen LogP contribution in [0.2, 0.25) is 0 Å². The first kappa shape index (κ1) is 19.0. The summed E-state index contributed by atoms with van der Waals surface area (Å²) in [5.41, 5.74) is 0.262. The molecule has 2 heterocycles. The van der Waals surface area contributed by atoms with Gasteiger partial charge in [-0.3, -0.25) is 14.2 Å². The van der Waals surface area contributed by atoms with Crippen LogP contribution in [0.5, 0.6) is 5.75 Å². The molecule has 1 atom stereocenters. The maximum Gasteiger partial charge on any atom is 0.346 e. The summed E-state index contributed by atoms with van der Waals surface area (Å²) in [6.07, 6.45) is 0.166. The van der Waals surface area contributed by atoms with Gasteiger partial charge in [0.2, 0.25) is 0 Å². The fourth-order valence-electron chi connectivity index (χ4n) is 2.51. The highest BCUT2D eigenvalue weighted by Gasteiger charge is 2.24. The van der Waals surface area contributed by atoms with Crippen LogP contribution in [0.1, 0.15) is 22.8 Å². The number of carbonyl (C=O) groups excluding carboxylic acids is 2. The fraction of sp³-hybridized carbons (Fsp3) is 0.333. The van der Waals surface area contributed by atoms with Gasteiger partial charge in [0.1, 0.15) is 11.3 Å². The van der Waals surface area contributed by atoms with E-state index in [1.165, 1.54) is 29.4 Å². The van der Waals surface area contributed by atoms with Crippen LogP contribution < -0.4 is 15.6 Å². The number of esters is 1. The fourth-order valence-corrected chi connectivity index (χ4v) is 3.43. The molecule has 1 amide bonds. The van der Waals surface area contributed by atoms with E-state index in [-0.39, 0.29) is 12.1 Å². The van der Waals surface area contributed by atoms with Gasteiger partial charge in [0, 0.05) is 18.8 Å². The zero-order valence-electron chi connectivity index (χ0n) is 14.9. The third-order valence-electron chi connectivity index (χ3n) is 4.06. The van der Waals surface area contributed by atoms with Crippen molar-refractivity contribution in [3.8, 4) is 5.75 Å². The lowest BCUT2D eigenvalue weighted by molar-refractivity contribution is -0.129. The molecule has 9 heteroatoms. The van der Waals surface area contributed by atoms with E-state index in [9.17, 15) is 14.4 Å². The quantitative estimate of drug-likeness (QED) is 0.586. The largest absolute Gasteiger partial charge is 0.497 e. The van der Waals surface area contributed by atoms with Crippen molar-refractivity contribution in [1.82, 2.24) is 14.9 Å². The van der Waals surface area contributed by atoms with Gasteiger partial charge < -0.3 is 14.8 Å². The number of ether oxygens (including phenoxy) is 2. The Balaban J connectivity index is 1.57. The lowest BCUT2D eigenvalue weighted by Crippen LogP contribution is -2.37. The van der Waals surface area contributed by atoms with Crippen molar-refractivity contribution in [2.24, 2.45) is 0 Å². The van der Waals surface area contributed by atoms with E-state index >= 15 is 0 Å². The number of fused-ring (bicyclic) bond motifs is 1. The molecule has 3 rings (SSSR count). The molecule has 1 N–H and O–H groups in total. The first-order valence-corrected chi connectivity index (χ1v) is 9.32. The molecule has 142 valence electrons. The third kappa shape index (κ3) is 4.30. The average Bonchev–Trinajstić information content (AvgIpc) is 3.16. The number of thioether (sulfide) groups is 1. The molecule has 0 saturated carbocycles. The molecular formula is C18H19N3O5S. The summed E-state index contributed by atoms with van der Waals surface area (Å²) in [5, 5.41) is 3.28. The number of amides is 1. The van der Waals surface area contributed by atoms with Crippen LogP contribution in [0.3, 0.4) is 0 Å². The minimum atomic E-state index is -1.04. The molecule has 0 bridgehead atoms. The zero-order chi connectivity index (χ0) is 19.4. The zero-order valence-corrected chi connectivity index (χ0v) is 15.7. The van der Waals surface area contributed by atoms with Gasteiger partial charge in [-0.15, -0.1) is 0 Å². The summed E-state index contributed by atoms with van der Waals surface area (Å²) in [7, 11) is 1.58. The van der Waals surface area contributed by atoms with E-state index in [0.29, 0.717) is 11.7 Å². The molecule has 0 fully saturated rings. The summed E-state index contributed by atoms with van der Waals surface area (Å²) in [4.78, 5) is 40.8. The van der Waals surface area contributed by atoms with Crippen molar-refractivity contribution >= 4 is 23.6 Å². The Morgan fingerprint density at radius 1 is 1.33 bits per heavy atom. The predicted molar refractivity (Wildman–Crippen MR) is 98.9 cm³/mol. The molecule has 0 aliphatic carbocycles. The first-order chi connectivity index (χ1) is 13.0. The Kier molecular flexibility index (Phi) is 5.80. The Hall–Kier alpha value is -2.81. The van der Waals surface area contributed by atoms with Crippen molar-refractivity contribution in [1.29, 1.82) is 0 Å². The maximum absolute atomic E-state index is 12.3. The second-order valence-corrected chi connectivity index (χ2v) is 6.94. The van der Waals surface area contributed by atoms with Crippen molar-refractivity contribution in [2.45, 2.75) is 31.3 Å². The van der Waals surface area contributed by atoms with Crippen LogP contribution in [0.15, 0.2) is 40.4 Å². The van der Waals surface area contributed by atoms with Crippen molar-refractivity contribution in [2.75, 3.05) is 12.9 Å². The van der Waals surface area contributed by atoms with E-state index in [2.05, 4.69) is 10.3 Å². The summed E-state index contributed by atoms with van der Waals surface area (Å²) < 4.78 is 11.7. The van der Waals surface area contributed by atoms with Gasteiger partial charge in [-0.2, -0.15) is 0 Å². The normalized spacial score (nSPS) is 13.6. The maximum atomic E-state index is 12.3. The van der Waals surface area contributed by atoms with E-state index < -0.39 is 23.5 Å². The molecule has 0 saturated heterocycles. The minimum absolute atomic E-state index is 0.170. The van der Waals surface area contributed by atoms with E-state index in [0.717, 1.165) is 17.1 Å². The Morgan fingerprint density at radius 3 is 2.78 bits per heavy atom. The second kappa shape index (κ2) is 8.26. The number of nitrogens with one attached hydrogen (secondary N) is 1. The lowest BCUT2D eigenvalue weighted by atomic mass is 10.2. The Morgan fingerprint density at radius 2 is 2.07 bits per heavy atom. The molecule has 8 nitrogen and oxygen atoms in total. The second-order valence-electron chi connectivity index (χ2n) is 5.87. The smallest absolute Gasteiger partial charge is 0.346 e. The minimum Gasteiger partial charge on any atom is -0.497 e. The highest BCUT2D eigenvalue weighted by molar-refractivity contribution is 7.99. The predicted octanol–water partition coefficient (Wildman–Crippen LogP) is 1.22. The Bertz CT molecular complexity index is 910. The molecule has 0 spiro atoms. The monoisotopic (exact) mass is 389 g/mol. The number of benzene rings is 1. The summed E-state index contributed by atoms with van der Waals surface area (Å²) >= 11 is 1.46. The van der Waals surface area contributed by atoms with Gasteiger partial charge in [-0.1, -0.05) is 23.9 Å². The number of rotatable bonds is 6. The van der Waals surface area contributed by atoms with Crippen LogP contribution in [0.4, 0.5) is 0 Å².